The van der Waals surface area contributed by atoms with E-state index in [1.54, 1.807) is 24.3 Å². The second-order valence-electron chi connectivity index (χ2n) is 16.3. The molecule has 8 aromatic rings. The Kier molecular flexibility index (Phi) is 23.8. The Morgan fingerprint density at radius 2 is 0.648 bits per heavy atom. The molecule has 8 rings (SSSR count). The average molecular weight is 1320 g/mol. The van der Waals surface area contributed by atoms with Crippen LogP contribution in [0.4, 0.5) is 91.0 Å². The van der Waals surface area contributed by atoms with Crippen molar-refractivity contribution in [2.75, 3.05) is 22.9 Å². The van der Waals surface area contributed by atoms with Gasteiger partial charge >= 0.3 is 31.8 Å². The van der Waals surface area contributed by atoms with Crippen molar-refractivity contribution >= 4 is 153 Å². The summed E-state index contributed by atoms with van der Waals surface area (Å²) in [6, 6.07) is 40.7. The third kappa shape index (κ3) is 21.3. The second-order valence-corrected chi connectivity index (χ2v) is 21.8. The molecule has 0 saturated heterocycles. The molecule has 0 saturated carbocycles. The first-order valence-electron chi connectivity index (χ1n) is 23.1. The number of anilines is 4. The maximum absolute atomic E-state index is 12.7. The largest absolute Gasteiger partial charge is 0.425 e. The highest BCUT2D eigenvalue weighted by Gasteiger charge is 2.23. The Hall–Kier alpha value is -10.8. The monoisotopic (exact) mass is 1320 g/mol. The normalized spacial score (nSPS) is 11.7. The van der Waals surface area contributed by atoms with Gasteiger partial charge in [-0.3, -0.25) is 13.7 Å². The zero-order valence-corrected chi connectivity index (χ0v) is 48.6. The minimum absolute atomic E-state index is 0.0271. The lowest BCUT2D eigenvalue weighted by Gasteiger charge is -2.10. The number of nitrogen functional groups attached to an aromatic ring is 4. The molecule has 11 N–H and O–H groups in total. The molecule has 0 amide bonds. The quantitative estimate of drug-likeness (QED) is 0.0268. The summed E-state index contributed by atoms with van der Waals surface area (Å²) in [6.07, 6.45) is 0. The summed E-state index contributed by atoms with van der Waals surface area (Å²) in [7, 11) is -23.5. The van der Waals surface area contributed by atoms with E-state index in [1.807, 2.05) is 30.3 Å². The molecule has 0 fully saturated rings. The summed E-state index contributed by atoms with van der Waals surface area (Å²) in [5.74, 6) is 0. The van der Waals surface area contributed by atoms with Crippen LogP contribution in [0, 0.1) is 0 Å². The molecule has 0 atom stereocenters. The van der Waals surface area contributed by atoms with Gasteiger partial charge < -0.3 is 22.9 Å². The van der Waals surface area contributed by atoms with Gasteiger partial charge in [-0.1, -0.05) is 36.4 Å². The van der Waals surface area contributed by atoms with Gasteiger partial charge in [-0.25, -0.2) is 0 Å². The standard InChI is InChI=1S/C48H38N16O9S3.3O3S/c49-39-24-25-40(44(50)47(39)63-58-33-14-10-31(11-15-33)54-53-29-4-2-1-3-5-29)61-60-36-20-23-38(42(26-36)75(68,69)70)28-6-8-30(9-7-28)57-62-41-27-43(76(71,72)73)46(52)48(45(41)51)64-59-34-16-12-32(13-17-34)55-56-35-18-21-37(22-19-35)74(65,66)67;3*1-4(2)3/h1-27H,49-52H2,(H,65,66,67)(H,68,69,70)(H,71,72,73);;;. The molecular formula is C48H38N16O18S6. The predicted molar refractivity (Wildman–Crippen MR) is 312 cm³/mol. The van der Waals surface area contributed by atoms with E-state index < -0.39 is 77.7 Å². The molecule has 0 spiro atoms. The van der Waals surface area contributed by atoms with Crippen LogP contribution < -0.4 is 22.9 Å². The van der Waals surface area contributed by atoms with Crippen LogP contribution in [0.3, 0.4) is 0 Å². The zero-order valence-electron chi connectivity index (χ0n) is 43.7. The SMILES string of the molecule is Nc1ccc(N=Nc2ccc(-c3ccc(N=Nc4cc(S(=O)(=O)O)c(N)c(N=Nc5ccc(N=Nc6ccc(S(=O)(=O)O)cc6)cc5)c4N)cc3)c(S(=O)(=O)O)c2)c(N)c1N=Nc1ccc(N=Nc2ccccc2)cc1.O=S(=O)=O.O=S(=O)=O.O=S(=O)=O. The van der Waals surface area contributed by atoms with E-state index in [1.165, 1.54) is 84.9 Å². The first kappa shape index (κ1) is 67.9. The van der Waals surface area contributed by atoms with E-state index in [9.17, 15) is 34.4 Å². The smallest absolute Gasteiger partial charge is 0.397 e. The maximum atomic E-state index is 12.7. The molecule has 0 aromatic heterocycles. The minimum Gasteiger partial charge on any atom is -0.397 e. The van der Waals surface area contributed by atoms with Crippen molar-refractivity contribution in [2.24, 2.45) is 61.4 Å². The maximum Gasteiger partial charge on any atom is 0.425 e. The van der Waals surface area contributed by atoms with Crippen molar-refractivity contribution in [3.8, 4) is 11.1 Å². The van der Waals surface area contributed by atoms with Gasteiger partial charge in [0.05, 0.1) is 73.1 Å². The van der Waals surface area contributed by atoms with E-state index in [4.69, 9.17) is 65.4 Å². The van der Waals surface area contributed by atoms with Crippen LogP contribution in [0.2, 0.25) is 0 Å². The number of benzene rings is 8. The first-order valence-corrected chi connectivity index (χ1v) is 30.4. The van der Waals surface area contributed by atoms with Crippen LogP contribution >= 0.6 is 0 Å². The second kappa shape index (κ2) is 30.8. The summed E-state index contributed by atoms with van der Waals surface area (Å²) in [5.41, 5.74) is 27.2. The van der Waals surface area contributed by atoms with E-state index in [0.717, 1.165) is 24.3 Å². The molecule has 88 heavy (non-hydrogen) atoms. The van der Waals surface area contributed by atoms with Gasteiger partial charge in [-0.05, 0) is 133 Å². The summed E-state index contributed by atoms with van der Waals surface area (Å²) < 4.78 is 178. The number of azo groups is 6. The van der Waals surface area contributed by atoms with Crippen LogP contribution in [-0.4, -0.2) is 76.8 Å². The van der Waals surface area contributed by atoms with Crippen LogP contribution in [0.5, 0.6) is 0 Å². The average Bonchev–Trinajstić information content (AvgIpc) is 1.63. The van der Waals surface area contributed by atoms with E-state index in [-0.39, 0.29) is 67.3 Å². The lowest BCUT2D eigenvalue weighted by Crippen LogP contribution is -2.05. The topological polar surface area (TPSA) is 569 Å². The van der Waals surface area contributed by atoms with E-state index >= 15 is 0 Å². The van der Waals surface area contributed by atoms with Gasteiger partial charge in [-0.2, -0.15) is 66.2 Å². The summed E-state index contributed by atoms with van der Waals surface area (Å²) in [4.78, 5) is -1.60. The molecule has 0 aliphatic carbocycles. The number of hydrogen-bond acceptors (Lipinski definition) is 31. The Labute approximate surface area is 501 Å². The van der Waals surface area contributed by atoms with Crippen LogP contribution in [0.15, 0.2) is 240 Å². The molecule has 0 heterocycles. The summed E-state index contributed by atoms with van der Waals surface area (Å²) in [6.45, 7) is 0. The van der Waals surface area contributed by atoms with E-state index in [0.29, 0.717) is 34.0 Å². The fourth-order valence-electron chi connectivity index (χ4n) is 6.63. The Morgan fingerprint density at radius 3 is 1.08 bits per heavy atom. The summed E-state index contributed by atoms with van der Waals surface area (Å²) in [5, 5.41) is 49.5. The fourth-order valence-corrected chi connectivity index (χ4v) is 8.48. The molecule has 34 nitrogen and oxygen atoms in total. The molecule has 40 heteroatoms. The first-order chi connectivity index (χ1) is 41.4. The fraction of sp³-hybridized carbons (Fsp3) is 0. The van der Waals surface area contributed by atoms with Crippen LogP contribution in [-0.2, 0) is 62.2 Å². The van der Waals surface area contributed by atoms with Crippen molar-refractivity contribution in [3.05, 3.63) is 164 Å². The highest BCUT2D eigenvalue weighted by molar-refractivity contribution is 7.86. The lowest BCUT2D eigenvalue weighted by molar-refractivity contribution is 0.481. The van der Waals surface area contributed by atoms with Crippen LogP contribution in [0.25, 0.3) is 11.1 Å². The van der Waals surface area contributed by atoms with Crippen molar-refractivity contribution < 1.29 is 76.8 Å². The molecular weight excluding hydrogens is 1280 g/mol. The Bertz CT molecular complexity index is 4720. The lowest BCUT2D eigenvalue weighted by atomic mass is 10.0. The number of nitrogens with zero attached hydrogens (tertiary/aromatic N) is 12. The zero-order chi connectivity index (χ0) is 64.9. The van der Waals surface area contributed by atoms with E-state index in [2.05, 4.69) is 61.4 Å². The molecule has 0 aliphatic heterocycles. The van der Waals surface area contributed by atoms with Crippen LogP contribution in [0.1, 0.15) is 0 Å². The Balaban J connectivity index is 0.00000108. The number of hydrogen-bond donors (Lipinski definition) is 7. The number of rotatable bonds is 16. The Morgan fingerprint density at radius 1 is 0.307 bits per heavy atom. The molecule has 0 radical (unpaired) electrons. The van der Waals surface area contributed by atoms with Crippen molar-refractivity contribution in [2.45, 2.75) is 14.7 Å². The highest BCUT2D eigenvalue weighted by atomic mass is 32.2. The van der Waals surface area contributed by atoms with Gasteiger partial charge in [-0.15, -0.1) is 58.3 Å². The molecule has 0 unspecified atom stereocenters. The number of nitrogens with two attached hydrogens (primary N) is 4. The van der Waals surface area contributed by atoms with Gasteiger partial charge in [0, 0.05) is 5.56 Å². The highest BCUT2D eigenvalue weighted by Crippen LogP contribution is 2.44. The molecule has 0 aliphatic rings. The van der Waals surface area contributed by atoms with Crippen molar-refractivity contribution in [1.29, 1.82) is 0 Å². The van der Waals surface area contributed by atoms with Gasteiger partial charge in [0.1, 0.15) is 32.5 Å². The minimum atomic E-state index is -4.96. The van der Waals surface area contributed by atoms with Gasteiger partial charge in [0.15, 0.2) is 0 Å². The van der Waals surface area contributed by atoms with Crippen molar-refractivity contribution in [3.63, 3.8) is 0 Å². The molecule has 8 aromatic carbocycles. The predicted octanol–water partition coefficient (Wildman–Crippen LogP) is 10.9. The summed E-state index contributed by atoms with van der Waals surface area (Å²) >= 11 is 0. The van der Waals surface area contributed by atoms with Crippen molar-refractivity contribution in [1.82, 2.24) is 0 Å². The van der Waals surface area contributed by atoms with Gasteiger partial charge in [0.2, 0.25) is 0 Å². The van der Waals surface area contributed by atoms with Gasteiger partial charge in [0.25, 0.3) is 30.4 Å². The third-order valence-corrected chi connectivity index (χ3v) is 13.1. The molecule has 454 valence electrons. The molecule has 0 bridgehead atoms. The third-order valence-electron chi connectivity index (χ3n) is 10.5.